The maximum absolute atomic E-state index is 14.0. The number of sulfonamides is 1. The Balaban J connectivity index is 2.06. The lowest BCUT2D eigenvalue weighted by Crippen LogP contribution is -2.54. The number of benzene rings is 3. The Kier molecular flexibility index (Phi) is 10.3. The van der Waals surface area contributed by atoms with Crippen LogP contribution in [0, 0.1) is 6.92 Å². The molecule has 0 saturated carbocycles. The van der Waals surface area contributed by atoms with Crippen LogP contribution < -0.4 is 14.4 Å². The molecule has 3 aromatic rings. The third kappa shape index (κ3) is 8.61. The highest BCUT2D eigenvalue weighted by atomic mass is 35.5. The van der Waals surface area contributed by atoms with Crippen LogP contribution in [0.2, 0.25) is 10.0 Å². The largest absolute Gasteiger partial charge is 0.497 e. The van der Waals surface area contributed by atoms with Gasteiger partial charge in [-0.15, -0.1) is 0 Å². The first kappa shape index (κ1) is 32.2. The highest BCUT2D eigenvalue weighted by molar-refractivity contribution is 7.92. The molecule has 3 aromatic carbocycles. The highest BCUT2D eigenvalue weighted by Gasteiger charge is 2.33. The minimum absolute atomic E-state index is 0.00720. The molecule has 1 atom stereocenters. The van der Waals surface area contributed by atoms with Crippen molar-refractivity contribution in [3.63, 3.8) is 0 Å². The summed E-state index contributed by atoms with van der Waals surface area (Å²) in [6.07, 6.45) is 0. The van der Waals surface area contributed by atoms with Crippen molar-refractivity contribution in [3.8, 4) is 5.75 Å². The number of hydrogen-bond acceptors (Lipinski definition) is 5. The van der Waals surface area contributed by atoms with E-state index in [0.29, 0.717) is 5.75 Å². The van der Waals surface area contributed by atoms with Crippen molar-refractivity contribution in [1.29, 1.82) is 0 Å². The van der Waals surface area contributed by atoms with Gasteiger partial charge in [-0.1, -0.05) is 53.0 Å². The molecule has 0 aromatic heterocycles. The molecule has 2 amide bonds. The number of ether oxygens (including phenoxy) is 1. The van der Waals surface area contributed by atoms with Crippen molar-refractivity contribution >= 4 is 50.7 Å². The molecule has 1 N–H and O–H groups in total. The SMILES string of the molecule is COc1ccc(CN(C(=O)CN(c2cc(Cl)cc(Cl)c2)S(=O)(=O)c2ccc(C)cc2)[C@H](C)C(=O)NC(C)(C)C)cc1. The fourth-order valence-corrected chi connectivity index (χ4v) is 5.95. The van der Waals surface area contributed by atoms with Crippen LogP contribution in [0.4, 0.5) is 5.69 Å². The number of anilines is 1. The minimum Gasteiger partial charge on any atom is -0.497 e. The van der Waals surface area contributed by atoms with Gasteiger partial charge in [-0.05, 0) is 82.6 Å². The Morgan fingerprint density at radius 3 is 2.02 bits per heavy atom. The van der Waals surface area contributed by atoms with E-state index in [1.54, 1.807) is 50.4 Å². The summed E-state index contributed by atoms with van der Waals surface area (Å²) in [6.45, 7) is 8.42. The number of nitrogens with one attached hydrogen (secondary N) is 1. The molecule has 0 aliphatic rings. The zero-order valence-corrected chi connectivity index (χ0v) is 26.3. The van der Waals surface area contributed by atoms with Crippen LogP contribution in [-0.2, 0) is 26.2 Å². The number of methoxy groups -OCH3 is 1. The van der Waals surface area contributed by atoms with Crippen LogP contribution in [0.3, 0.4) is 0 Å². The summed E-state index contributed by atoms with van der Waals surface area (Å²) in [7, 11) is -2.69. The normalized spacial score (nSPS) is 12.4. The van der Waals surface area contributed by atoms with Gasteiger partial charge in [-0.3, -0.25) is 13.9 Å². The first-order valence-electron chi connectivity index (χ1n) is 12.9. The number of carbonyl (C=O) groups is 2. The third-order valence-electron chi connectivity index (χ3n) is 6.20. The van der Waals surface area contributed by atoms with E-state index in [-0.39, 0.29) is 33.1 Å². The van der Waals surface area contributed by atoms with Crippen LogP contribution in [0.15, 0.2) is 71.6 Å². The third-order valence-corrected chi connectivity index (χ3v) is 8.43. The van der Waals surface area contributed by atoms with Crippen LogP contribution in [-0.4, -0.2) is 50.4 Å². The molecule has 0 spiro atoms. The maximum Gasteiger partial charge on any atom is 0.264 e. The topological polar surface area (TPSA) is 96.0 Å². The highest BCUT2D eigenvalue weighted by Crippen LogP contribution is 2.30. The van der Waals surface area contributed by atoms with E-state index >= 15 is 0 Å². The number of nitrogens with zero attached hydrogens (tertiary/aromatic N) is 2. The minimum atomic E-state index is -4.24. The predicted octanol–water partition coefficient (Wildman–Crippen LogP) is 5.84. The molecule has 0 aliphatic heterocycles. The molecule has 11 heteroatoms. The van der Waals surface area contributed by atoms with Gasteiger partial charge in [0.15, 0.2) is 0 Å². The molecular weight excluding hydrogens is 585 g/mol. The Bertz CT molecular complexity index is 1470. The van der Waals surface area contributed by atoms with Gasteiger partial charge in [0.2, 0.25) is 11.8 Å². The van der Waals surface area contributed by atoms with Gasteiger partial charge in [-0.2, -0.15) is 0 Å². The van der Waals surface area contributed by atoms with Gasteiger partial charge < -0.3 is 15.0 Å². The number of carbonyl (C=O) groups excluding carboxylic acids is 2. The number of rotatable bonds is 10. The van der Waals surface area contributed by atoms with Gasteiger partial charge in [0.25, 0.3) is 10.0 Å². The average Bonchev–Trinajstić information content (AvgIpc) is 2.88. The van der Waals surface area contributed by atoms with E-state index in [0.717, 1.165) is 15.4 Å². The zero-order chi connectivity index (χ0) is 30.5. The van der Waals surface area contributed by atoms with Crippen LogP contribution in [0.1, 0.15) is 38.8 Å². The van der Waals surface area contributed by atoms with E-state index in [9.17, 15) is 18.0 Å². The summed E-state index contributed by atoms with van der Waals surface area (Å²) in [4.78, 5) is 28.6. The molecule has 0 unspecified atom stereocenters. The van der Waals surface area contributed by atoms with Crippen LogP contribution in [0.25, 0.3) is 0 Å². The summed E-state index contributed by atoms with van der Waals surface area (Å²) in [6, 6.07) is 16.8. The van der Waals surface area contributed by atoms with Crippen molar-refractivity contribution in [2.24, 2.45) is 0 Å². The second kappa shape index (κ2) is 13.1. The molecule has 0 saturated heterocycles. The molecular formula is C30H35Cl2N3O5S. The van der Waals surface area contributed by atoms with Crippen molar-refractivity contribution < 1.29 is 22.7 Å². The standard InChI is InChI=1S/C30H35Cl2N3O5S/c1-20-7-13-27(14-8-20)41(38,39)35(25-16-23(31)15-24(32)17-25)19-28(36)34(21(2)29(37)33-30(3,4)5)18-22-9-11-26(40-6)12-10-22/h7-17,21H,18-19H2,1-6H3,(H,33,37)/t21-/m1/s1. The van der Waals surface area contributed by atoms with Crippen molar-refractivity contribution in [1.82, 2.24) is 10.2 Å². The second-order valence-electron chi connectivity index (χ2n) is 10.7. The molecule has 0 bridgehead atoms. The predicted molar refractivity (Wildman–Crippen MR) is 163 cm³/mol. The van der Waals surface area contributed by atoms with E-state index < -0.39 is 34.1 Å². The van der Waals surface area contributed by atoms with Crippen molar-refractivity contribution in [2.75, 3.05) is 18.0 Å². The van der Waals surface area contributed by atoms with E-state index in [1.165, 1.54) is 35.2 Å². The van der Waals surface area contributed by atoms with Gasteiger partial charge in [0.1, 0.15) is 18.3 Å². The average molecular weight is 621 g/mol. The smallest absolute Gasteiger partial charge is 0.264 e. The van der Waals surface area contributed by atoms with Crippen molar-refractivity contribution in [3.05, 3.63) is 87.9 Å². The van der Waals surface area contributed by atoms with Gasteiger partial charge in [0.05, 0.1) is 17.7 Å². The Morgan fingerprint density at radius 2 is 1.51 bits per heavy atom. The molecule has 0 heterocycles. The maximum atomic E-state index is 14.0. The molecule has 8 nitrogen and oxygen atoms in total. The Morgan fingerprint density at radius 1 is 0.951 bits per heavy atom. The number of aryl methyl sites for hydroxylation is 1. The Labute approximate surface area is 252 Å². The summed E-state index contributed by atoms with van der Waals surface area (Å²) in [5, 5.41) is 3.31. The number of hydrogen-bond donors (Lipinski definition) is 1. The second-order valence-corrected chi connectivity index (χ2v) is 13.5. The molecule has 41 heavy (non-hydrogen) atoms. The van der Waals surface area contributed by atoms with Gasteiger partial charge in [0, 0.05) is 22.1 Å². The zero-order valence-electron chi connectivity index (χ0n) is 23.9. The van der Waals surface area contributed by atoms with E-state index in [4.69, 9.17) is 27.9 Å². The quantitative estimate of drug-likeness (QED) is 0.308. The Hall–Kier alpha value is -3.27. The lowest BCUT2D eigenvalue weighted by atomic mass is 10.1. The fourth-order valence-electron chi connectivity index (χ4n) is 4.03. The van der Waals surface area contributed by atoms with E-state index in [2.05, 4.69) is 5.32 Å². The summed E-state index contributed by atoms with van der Waals surface area (Å²) >= 11 is 12.5. The van der Waals surface area contributed by atoms with Gasteiger partial charge >= 0.3 is 0 Å². The summed E-state index contributed by atoms with van der Waals surface area (Å²) in [5.74, 6) is -0.333. The van der Waals surface area contributed by atoms with Crippen LogP contribution in [0.5, 0.6) is 5.75 Å². The van der Waals surface area contributed by atoms with Crippen LogP contribution >= 0.6 is 23.2 Å². The number of amides is 2. The summed E-state index contributed by atoms with van der Waals surface area (Å²) in [5.41, 5.74) is 1.18. The molecule has 0 radical (unpaired) electrons. The molecule has 3 rings (SSSR count). The monoisotopic (exact) mass is 619 g/mol. The first-order chi connectivity index (χ1) is 19.1. The van der Waals surface area contributed by atoms with Gasteiger partial charge in [-0.25, -0.2) is 8.42 Å². The molecule has 220 valence electrons. The fraction of sp³-hybridized carbons (Fsp3) is 0.333. The first-order valence-corrected chi connectivity index (χ1v) is 15.1. The van der Waals surface area contributed by atoms with E-state index in [1.807, 2.05) is 27.7 Å². The number of halogens is 2. The lowest BCUT2D eigenvalue weighted by molar-refractivity contribution is -0.140. The molecule has 0 aliphatic carbocycles. The lowest BCUT2D eigenvalue weighted by Gasteiger charge is -2.33. The van der Waals surface area contributed by atoms with Crippen molar-refractivity contribution in [2.45, 2.75) is 57.6 Å². The molecule has 0 fully saturated rings. The summed E-state index contributed by atoms with van der Waals surface area (Å²) < 4.78 is 34.0.